The molecule has 276 valence electrons. The average Bonchev–Trinajstić information content (AvgIpc) is 3.08. The zero-order valence-corrected chi connectivity index (χ0v) is 28.3. The van der Waals surface area contributed by atoms with Gasteiger partial charge in [-0.1, -0.05) is 54.6 Å². The topological polar surface area (TPSA) is 359 Å². The van der Waals surface area contributed by atoms with Crippen molar-refractivity contribution < 1.29 is 19.2 Å². The second-order valence-corrected chi connectivity index (χ2v) is 11.4. The molecule has 0 spiro atoms. The summed E-state index contributed by atoms with van der Waals surface area (Å²) < 4.78 is 0. The monoisotopic (exact) mass is 707 g/mol. The highest BCUT2D eigenvalue weighted by Gasteiger charge is 2.29. The summed E-state index contributed by atoms with van der Waals surface area (Å²) in [4.78, 5) is 65.3. The van der Waals surface area contributed by atoms with Gasteiger partial charge < -0.3 is 61.4 Å². The van der Waals surface area contributed by atoms with Gasteiger partial charge in [-0.05, 0) is 36.8 Å². The summed E-state index contributed by atoms with van der Waals surface area (Å²) in [6.45, 7) is 0.113. The van der Waals surface area contributed by atoms with E-state index in [4.69, 9.17) is 45.5 Å². The van der Waals surface area contributed by atoms with Crippen molar-refractivity contribution in [3.63, 3.8) is 0 Å². The third kappa shape index (κ3) is 16.5. The Bertz CT molecular complexity index is 1550. The van der Waals surface area contributed by atoms with E-state index in [-0.39, 0.29) is 69.2 Å². The number of rotatable bonds is 21. The molecule has 0 fully saturated rings. The number of nitrogens with one attached hydrogen (secondary N) is 5. The first-order chi connectivity index (χ1) is 24.2. The molecule has 19 heteroatoms. The number of amidine groups is 1. The van der Waals surface area contributed by atoms with Crippen LogP contribution in [0.15, 0.2) is 69.6 Å². The zero-order chi connectivity index (χ0) is 37.8. The first kappa shape index (κ1) is 40.8. The molecule has 0 aromatic heterocycles. The molecule has 19 nitrogen and oxygen atoms in total. The molecular formula is C32H49N15O4. The van der Waals surface area contributed by atoms with E-state index in [1.54, 1.807) is 48.5 Å². The third-order valence-electron chi connectivity index (χ3n) is 7.20. The first-order valence-corrected chi connectivity index (χ1v) is 16.1. The van der Waals surface area contributed by atoms with Crippen molar-refractivity contribution >= 4 is 47.3 Å². The number of hydrogen-bond donors (Lipinski definition) is 12. The maximum absolute atomic E-state index is 13.7. The van der Waals surface area contributed by atoms with E-state index in [2.05, 4.69) is 36.2 Å². The molecule has 0 aliphatic rings. The standard InChI is InChI=1S/C32H49N15O4/c33-26(34)21-12-10-20(11-13-21)17-43-27(49)22(8-4-14-41-30(35)36)46-29(51)24(18-44-32(39)40)47-28(50)23(9-5-15-42-31(37)38)45-25(48)16-19-6-2-1-3-7-19/h1-3,6-7,10-13,22-24H,4-5,8-9,14-18H2,(H3,33,34)(H,43,49)(H,45,48)(H,46,51)(H,47,50)(H4,35,36,41)(H4,37,38,42)(H4,39,40,44)/t22-,23-,24-/m0/s1. The molecule has 0 aliphatic heterocycles. The lowest BCUT2D eigenvalue weighted by Gasteiger charge is -2.25. The molecule has 2 rings (SSSR count). The van der Waals surface area contributed by atoms with Crippen LogP contribution in [0.2, 0.25) is 0 Å². The summed E-state index contributed by atoms with van der Waals surface area (Å²) in [6, 6.07) is 12.1. The number of nitrogens with two attached hydrogens (primary N) is 7. The van der Waals surface area contributed by atoms with Crippen LogP contribution < -0.4 is 61.4 Å². The SMILES string of the molecule is N=C(N)c1ccc(CNC(=O)[C@H](CCCN=C(N)N)NC(=O)[C@H](CN=C(N)N)NC(=O)[C@H](CCCN=C(N)N)NC(=O)Cc2ccccc2)cc1. The lowest BCUT2D eigenvalue weighted by atomic mass is 10.1. The van der Waals surface area contributed by atoms with Gasteiger partial charge >= 0.3 is 0 Å². The van der Waals surface area contributed by atoms with Gasteiger partial charge in [0.25, 0.3) is 0 Å². The van der Waals surface area contributed by atoms with Crippen LogP contribution in [0.4, 0.5) is 0 Å². The number of hydrogen-bond acceptors (Lipinski definition) is 8. The highest BCUT2D eigenvalue weighted by Crippen LogP contribution is 2.07. The fraction of sp³-hybridized carbons (Fsp3) is 0.375. The van der Waals surface area contributed by atoms with Crippen LogP contribution >= 0.6 is 0 Å². The van der Waals surface area contributed by atoms with Gasteiger partial charge in [0.2, 0.25) is 23.6 Å². The van der Waals surface area contributed by atoms with Gasteiger partial charge in [-0.15, -0.1) is 0 Å². The van der Waals surface area contributed by atoms with Crippen LogP contribution in [0.25, 0.3) is 0 Å². The minimum Gasteiger partial charge on any atom is -0.384 e. The van der Waals surface area contributed by atoms with Crippen molar-refractivity contribution in [2.75, 3.05) is 19.6 Å². The van der Waals surface area contributed by atoms with E-state index in [0.717, 1.165) is 11.1 Å². The number of carbonyl (C=O) groups is 4. The van der Waals surface area contributed by atoms with Crippen molar-refractivity contribution in [1.29, 1.82) is 5.41 Å². The average molecular weight is 708 g/mol. The fourth-order valence-electron chi connectivity index (χ4n) is 4.62. The van der Waals surface area contributed by atoms with Gasteiger partial charge in [0.1, 0.15) is 24.0 Å². The molecule has 2 aromatic rings. The molecule has 51 heavy (non-hydrogen) atoms. The molecule has 4 amide bonds. The number of nitrogen functional groups attached to an aromatic ring is 1. The molecule has 3 atom stereocenters. The molecule has 0 aliphatic carbocycles. The van der Waals surface area contributed by atoms with Gasteiger partial charge in [-0.25, -0.2) is 0 Å². The fourth-order valence-corrected chi connectivity index (χ4v) is 4.62. The van der Waals surface area contributed by atoms with Crippen LogP contribution in [0.3, 0.4) is 0 Å². The van der Waals surface area contributed by atoms with E-state index in [9.17, 15) is 19.2 Å². The van der Waals surface area contributed by atoms with E-state index >= 15 is 0 Å². The molecule has 0 unspecified atom stereocenters. The molecule has 0 bridgehead atoms. The normalized spacial score (nSPS) is 12.2. The number of carbonyl (C=O) groups excluding carboxylic acids is 4. The number of amides is 4. The minimum absolute atomic E-state index is 0.00789. The number of aliphatic imine (C=N–C) groups is 3. The smallest absolute Gasteiger partial charge is 0.245 e. The van der Waals surface area contributed by atoms with Crippen molar-refractivity contribution in [3.05, 3.63) is 71.3 Å². The highest BCUT2D eigenvalue weighted by molar-refractivity contribution is 5.95. The Balaban J connectivity index is 2.24. The number of nitrogens with zero attached hydrogens (tertiary/aromatic N) is 3. The van der Waals surface area contributed by atoms with Crippen LogP contribution in [0.5, 0.6) is 0 Å². The predicted octanol–water partition coefficient (Wildman–Crippen LogP) is -3.34. The molecule has 2 aromatic carbocycles. The Labute approximate surface area is 295 Å². The van der Waals surface area contributed by atoms with Gasteiger partial charge in [-0.3, -0.25) is 39.6 Å². The van der Waals surface area contributed by atoms with Gasteiger partial charge in [0, 0.05) is 25.2 Å². The molecule has 0 saturated heterocycles. The van der Waals surface area contributed by atoms with Crippen molar-refractivity contribution in [1.82, 2.24) is 21.3 Å². The molecule has 19 N–H and O–H groups in total. The zero-order valence-electron chi connectivity index (χ0n) is 28.3. The van der Waals surface area contributed by atoms with Crippen LogP contribution in [-0.2, 0) is 32.1 Å². The molecule has 0 heterocycles. The largest absolute Gasteiger partial charge is 0.384 e. The summed E-state index contributed by atoms with van der Waals surface area (Å²) in [6.07, 6.45) is 0.905. The van der Waals surface area contributed by atoms with Crippen LogP contribution in [0.1, 0.15) is 42.4 Å². The maximum Gasteiger partial charge on any atom is 0.245 e. The molecule has 0 radical (unpaired) electrons. The van der Waals surface area contributed by atoms with Crippen molar-refractivity contribution in [3.8, 4) is 0 Å². The Morgan fingerprint density at radius 3 is 1.65 bits per heavy atom. The number of benzene rings is 2. The minimum atomic E-state index is -1.35. The summed E-state index contributed by atoms with van der Waals surface area (Å²) in [7, 11) is 0. The van der Waals surface area contributed by atoms with Gasteiger partial charge in [0.15, 0.2) is 17.9 Å². The lowest BCUT2D eigenvalue weighted by molar-refractivity contribution is -0.133. The predicted molar refractivity (Wildman–Crippen MR) is 196 cm³/mol. The summed E-state index contributed by atoms with van der Waals surface area (Å²) >= 11 is 0. The summed E-state index contributed by atoms with van der Waals surface area (Å²) in [5.74, 6) is -3.11. The number of guanidine groups is 3. The van der Waals surface area contributed by atoms with Gasteiger partial charge in [-0.2, -0.15) is 0 Å². The summed E-state index contributed by atoms with van der Waals surface area (Å²) in [5, 5.41) is 18.3. The van der Waals surface area contributed by atoms with E-state index in [1.807, 2.05) is 6.07 Å². The second kappa shape index (κ2) is 21.5. The quantitative estimate of drug-likeness (QED) is 0.0346. The molecular weight excluding hydrogens is 658 g/mol. The Hall–Kier alpha value is -6.40. The van der Waals surface area contributed by atoms with Crippen molar-refractivity contribution in [2.24, 2.45) is 55.1 Å². The Kier molecular flexibility index (Phi) is 17.2. The Morgan fingerprint density at radius 2 is 1.12 bits per heavy atom. The third-order valence-corrected chi connectivity index (χ3v) is 7.20. The van der Waals surface area contributed by atoms with Crippen molar-refractivity contribution in [2.45, 2.75) is 56.8 Å². The Morgan fingerprint density at radius 1 is 0.608 bits per heavy atom. The van der Waals surface area contributed by atoms with E-state index in [0.29, 0.717) is 18.4 Å². The highest BCUT2D eigenvalue weighted by atomic mass is 16.2. The van der Waals surface area contributed by atoms with E-state index < -0.39 is 41.8 Å². The molecule has 0 saturated carbocycles. The van der Waals surface area contributed by atoms with E-state index in [1.165, 1.54) is 0 Å². The lowest BCUT2D eigenvalue weighted by Crippen LogP contribution is -2.58. The van der Waals surface area contributed by atoms with Crippen LogP contribution in [0, 0.1) is 5.41 Å². The summed E-state index contributed by atoms with van der Waals surface area (Å²) in [5.41, 5.74) is 40.2. The van der Waals surface area contributed by atoms with Crippen LogP contribution in [-0.4, -0.2) is 85.1 Å². The maximum atomic E-state index is 13.7. The second-order valence-electron chi connectivity index (χ2n) is 11.4. The first-order valence-electron chi connectivity index (χ1n) is 16.1. The van der Waals surface area contributed by atoms with Gasteiger partial charge in [0.05, 0.1) is 13.0 Å².